The Morgan fingerprint density at radius 2 is 1.45 bits per heavy atom. The molecule has 0 amide bonds. The lowest BCUT2D eigenvalue weighted by Gasteiger charge is -2.36. The van der Waals surface area contributed by atoms with E-state index in [1.165, 1.54) is 29.6 Å². The van der Waals surface area contributed by atoms with Gasteiger partial charge in [-0.1, -0.05) is 36.4 Å². The number of hydrogen-bond donors (Lipinski definition) is 1. The largest absolute Gasteiger partial charge is 0.457 e. The number of halogens is 5. The van der Waals surface area contributed by atoms with Gasteiger partial charge in [0, 0.05) is 4.88 Å². The molecular formula is C13H9F5OS. The standard InChI is InChI=1S/C13H9F5OS/c14-12(15,13(16,17)18)11(19,10-7-4-8-20-10)9-5-2-1-3-6-9/h1-8,19H/t11-/m0/s1. The summed E-state index contributed by atoms with van der Waals surface area (Å²) in [5.41, 5.74) is -3.95. The zero-order chi connectivity index (χ0) is 15.0. The van der Waals surface area contributed by atoms with Crippen LogP contribution in [0.25, 0.3) is 0 Å². The molecule has 0 aliphatic carbocycles. The third kappa shape index (κ3) is 2.10. The molecule has 1 aromatic carbocycles. The number of benzene rings is 1. The lowest BCUT2D eigenvalue weighted by atomic mass is 9.85. The fourth-order valence-electron chi connectivity index (χ4n) is 1.85. The Morgan fingerprint density at radius 3 is 1.90 bits per heavy atom. The van der Waals surface area contributed by atoms with Crippen molar-refractivity contribution >= 4 is 11.3 Å². The van der Waals surface area contributed by atoms with E-state index in [0.29, 0.717) is 11.3 Å². The molecule has 20 heavy (non-hydrogen) atoms. The zero-order valence-electron chi connectivity index (χ0n) is 9.86. The van der Waals surface area contributed by atoms with Gasteiger partial charge in [0.25, 0.3) is 0 Å². The van der Waals surface area contributed by atoms with Crippen LogP contribution in [0.15, 0.2) is 47.8 Å². The summed E-state index contributed by atoms with van der Waals surface area (Å²) >= 11 is 0.638. The monoisotopic (exact) mass is 308 g/mol. The van der Waals surface area contributed by atoms with E-state index in [2.05, 4.69) is 0 Å². The quantitative estimate of drug-likeness (QED) is 0.843. The van der Waals surface area contributed by atoms with Crippen LogP contribution in [0, 0.1) is 0 Å². The van der Waals surface area contributed by atoms with Crippen LogP contribution in [0.1, 0.15) is 10.4 Å². The molecule has 0 spiro atoms. The Morgan fingerprint density at radius 1 is 0.850 bits per heavy atom. The van der Waals surface area contributed by atoms with Crippen LogP contribution < -0.4 is 0 Å². The molecule has 0 fully saturated rings. The molecule has 1 aromatic heterocycles. The predicted octanol–water partition coefficient (Wildman–Crippen LogP) is 4.18. The van der Waals surface area contributed by atoms with Crippen LogP contribution in [0.4, 0.5) is 22.0 Å². The van der Waals surface area contributed by atoms with E-state index in [9.17, 15) is 27.1 Å². The van der Waals surface area contributed by atoms with Crippen molar-refractivity contribution in [1.29, 1.82) is 0 Å². The highest BCUT2D eigenvalue weighted by Gasteiger charge is 2.71. The Balaban J connectivity index is 2.69. The van der Waals surface area contributed by atoms with Crippen LogP contribution in [0.5, 0.6) is 0 Å². The maximum atomic E-state index is 13.9. The van der Waals surface area contributed by atoms with Gasteiger partial charge in [0.05, 0.1) is 0 Å². The lowest BCUT2D eigenvalue weighted by Crippen LogP contribution is -2.55. The van der Waals surface area contributed by atoms with E-state index in [-0.39, 0.29) is 0 Å². The predicted molar refractivity (Wildman–Crippen MR) is 64.8 cm³/mol. The fraction of sp³-hybridized carbons (Fsp3) is 0.231. The third-order valence-electron chi connectivity index (χ3n) is 2.88. The van der Waals surface area contributed by atoms with Crippen molar-refractivity contribution in [3.05, 3.63) is 58.3 Å². The van der Waals surface area contributed by atoms with E-state index < -0.39 is 28.1 Å². The van der Waals surface area contributed by atoms with Gasteiger partial charge < -0.3 is 5.11 Å². The average Bonchev–Trinajstić information content (AvgIpc) is 2.91. The first kappa shape index (κ1) is 14.9. The molecule has 108 valence electrons. The molecule has 1 N–H and O–H groups in total. The van der Waals surface area contributed by atoms with Crippen LogP contribution in [-0.4, -0.2) is 17.2 Å². The van der Waals surface area contributed by atoms with Gasteiger partial charge in [0.1, 0.15) is 0 Å². The minimum Gasteiger partial charge on any atom is -0.374 e. The Labute approximate surface area is 115 Å². The minimum absolute atomic E-state index is 0.467. The topological polar surface area (TPSA) is 20.2 Å². The van der Waals surface area contributed by atoms with Gasteiger partial charge in [0.15, 0.2) is 5.60 Å². The Bertz CT molecular complexity index is 564. The molecule has 1 atom stereocenters. The smallest absolute Gasteiger partial charge is 0.374 e. The molecule has 2 rings (SSSR count). The van der Waals surface area contributed by atoms with Crippen molar-refractivity contribution in [2.75, 3.05) is 0 Å². The summed E-state index contributed by atoms with van der Waals surface area (Å²) in [5, 5.41) is 11.6. The van der Waals surface area contributed by atoms with Crippen LogP contribution in [-0.2, 0) is 5.60 Å². The number of hydrogen-bond acceptors (Lipinski definition) is 2. The van der Waals surface area contributed by atoms with Crippen molar-refractivity contribution in [2.45, 2.75) is 17.7 Å². The Kier molecular flexibility index (Phi) is 3.60. The Hall–Kier alpha value is -1.47. The first-order valence-electron chi connectivity index (χ1n) is 5.47. The van der Waals surface area contributed by atoms with Gasteiger partial charge in [-0.15, -0.1) is 11.3 Å². The normalized spacial score (nSPS) is 15.9. The number of rotatable bonds is 3. The van der Waals surface area contributed by atoms with E-state index in [1.807, 2.05) is 0 Å². The maximum absolute atomic E-state index is 13.9. The molecule has 0 aliphatic rings. The average molecular weight is 308 g/mol. The summed E-state index contributed by atoms with van der Waals surface area (Å²) in [6, 6.07) is 8.49. The van der Waals surface area contributed by atoms with Crippen molar-refractivity contribution in [3.63, 3.8) is 0 Å². The molecular weight excluding hydrogens is 299 g/mol. The van der Waals surface area contributed by atoms with E-state index in [0.717, 1.165) is 18.2 Å². The number of thiophene rings is 1. The van der Waals surface area contributed by atoms with E-state index >= 15 is 0 Å². The molecule has 1 heterocycles. The SMILES string of the molecule is O[C@@](c1ccccc1)(c1cccs1)C(F)(F)C(F)(F)F. The fourth-order valence-corrected chi connectivity index (χ4v) is 2.72. The van der Waals surface area contributed by atoms with E-state index in [1.54, 1.807) is 0 Å². The second-order valence-corrected chi connectivity index (χ2v) is 5.07. The van der Waals surface area contributed by atoms with Gasteiger partial charge in [-0.25, -0.2) is 0 Å². The summed E-state index contributed by atoms with van der Waals surface area (Å²) in [4.78, 5) is -0.467. The third-order valence-corrected chi connectivity index (χ3v) is 3.86. The second kappa shape index (κ2) is 4.82. The first-order valence-corrected chi connectivity index (χ1v) is 6.35. The number of aliphatic hydroxyl groups is 1. The molecule has 0 unspecified atom stereocenters. The first-order chi connectivity index (χ1) is 9.21. The van der Waals surface area contributed by atoms with Crippen LogP contribution >= 0.6 is 11.3 Å². The van der Waals surface area contributed by atoms with Gasteiger partial charge in [0.2, 0.25) is 0 Å². The summed E-state index contributed by atoms with van der Waals surface area (Å²) < 4.78 is 65.8. The van der Waals surface area contributed by atoms with Gasteiger partial charge in [-0.3, -0.25) is 0 Å². The lowest BCUT2D eigenvalue weighted by molar-refractivity contribution is -0.335. The molecule has 0 bridgehead atoms. The molecule has 2 aromatic rings. The molecule has 7 heteroatoms. The van der Waals surface area contributed by atoms with Crippen LogP contribution in [0.3, 0.4) is 0 Å². The summed E-state index contributed by atoms with van der Waals surface area (Å²) in [6.07, 6.45) is -5.87. The summed E-state index contributed by atoms with van der Waals surface area (Å²) in [6.45, 7) is 0. The van der Waals surface area contributed by atoms with Crippen LogP contribution in [0.2, 0.25) is 0 Å². The molecule has 0 saturated heterocycles. The highest BCUT2D eigenvalue weighted by Crippen LogP contribution is 2.52. The minimum atomic E-state index is -5.87. The highest BCUT2D eigenvalue weighted by atomic mass is 32.1. The van der Waals surface area contributed by atoms with Crippen molar-refractivity contribution in [3.8, 4) is 0 Å². The molecule has 0 aliphatic heterocycles. The van der Waals surface area contributed by atoms with Crippen molar-refractivity contribution in [1.82, 2.24) is 0 Å². The van der Waals surface area contributed by atoms with Gasteiger partial charge in [-0.2, -0.15) is 22.0 Å². The summed E-state index contributed by atoms with van der Waals surface area (Å²) in [5.74, 6) is -5.31. The number of alkyl halides is 5. The van der Waals surface area contributed by atoms with Crippen molar-refractivity contribution in [2.24, 2.45) is 0 Å². The maximum Gasteiger partial charge on any atom is 0.457 e. The highest BCUT2D eigenvalue weighted by molar-refractivity contribution is 7.10. The second-order valence-electron chi connectivity index (χ2n) is 4.13. The van der Waals surface area contributed by atoms with Gasteiger partial charge >= 0.3 is 12.1 Å². The van der Waals surface area contributed by atoms with E-state index in [4.69, 9.17) is 0 Å². The molecule has 1 nitrogen and oxygen atoms in total. The molecule has 0 saturated carbocycles. The van der Waals surface area contributed by atoms with Gasteiger partial charge in [-0.05, 0) is 17.0 Å². The summed E-state index contributed by atoms with van der Waals surface area (Å²) in [7, 11) is 0. The zero-order valence-corrected chi connectivity index (χ0v) is 10.7. The van der Waals surface area contributed by atoms with Crippen molar-refractivity contribution < 1.29 is 27.1 Å². The molecule has 0 radical (unpaired) electrons.